The second kappa shape index (κ2) is 5.60. The SMILES string of the molecule is CC(CO)(CCCCn1cncn1)NC1CC1. The largest absolute Gasteiger partial charge is 0.394 e. The third-order valence-corrected chi connectivity index (χ3v) is 3.31. The maximum Gasteiger partial charge on any atom is 0.137 e. The average molecular weight is 238 g/mol. The van der Waals surface area contributed by atoms with Crippen LogP contribution in [0.15, 0.2) is 12.7 Å². The first kappa shape index (κ1) is 12.5. The zero-order valence-electron chi connectivity index (χ0n) is 10.5. The second-order valence-electron chi connectivity index (χ2n) is 5.25. The zero-order chi connectivity index (χ0) is 12.1. The van der Waals surface area contributed by atoms with Crippen LogP contribution in [0.1, 0.15) is 39.0 Å². The van der Waals surface area contributed by atoms with E-state index in [2.05, 4.69) is 22.3 Å². The van der Waals surface area contributed by atoms with E-state index in [0.29, 0.717) is 6.04 Å². The summed E-state index contributed by atoms with van der Waals surface area (Å²) >= 11 is 0. The predicted molar refractivity (Wildman–Crippen MR) is 65.5 cm³/mol. The van der Waals surface area contributed by atoms with Crippen LogP contribution in [-0.4, -0.2) is 38.1 Å². The molecule has 0 aromatic carbocycles. The van der Waals surface area contributed by atoms with Crippen LogP contribution in [0.5, 0.6) is 0 Å². The van der Waals surface area contributed by atoms with Crippen LogP contribution in [0.4, 0.5) is 0 Å². The maximum absolute atomic E-state index is 9.46. The second-order valence-corrected chi connectivity index (χ2v) is 5.25. The Balaban J connectivity index is 1.65. The van der Waals surface area contributed by atoms with Crippen LogP contribution in [0.25, 0.3) is 0 Å². The molecule has 5 heteroatoms. The van der Waals surface area contributed by atoms with Crippen molar-refractivity contribution in [1.82, 2.24) is 20.1 Å². The van der Waals surface area contributed by atoms with Crippen molar-refractivity contribution in [2.24, 2.45) is 0 Å². The van der Waals surface area contributed by atoms with Crippen molar-refractivity contribution in [3.05, 3.63) is 12.7 Å². The van der Waals surface area contributed by atoms with E-state index in [1.807, 2.05) is 4.68 Å². The standard InChI is InChI=1S/C12H22N4O/c1-12(8-17,15-11-4-5-11)6-2-3-7-16-10-13-9-14-16/h9-11,15,17H,2-8H2,1H3. The summed E-state index contributed by atoms with van der Waals surface area (Å²) < 4.78 is 1.85. The van der Waals surface area contributed by atoms with E-state index in [-0.39, 0.29) is 12.1 Å². The number of nitrogens with zero attached hydrogens (tertiary/aromatic N) is 3. The highest BCUT2D eigenvalue weighted by Gasteiger charge is 2.31. The molecule has 17 heavy (non-hydrogen) atoms. The molecule has 1 aromatic rings. The summed E-state index contributed by atoms with van der Waals surface area (Å²) in [6.45, 7) is 3.23. The van der Waals surface area contributed by atoms with Crippen LogP contribution in [0.2, 0.25) is 0 Å². The number of nitrogens with one attached hydrogen (secondary N) is 1. The highest BCUT2D eigenvalue weighted by atomic mass is 16.3. The molecule has 1 heterocycles. The molecule has 1 atom stereocenters. The minimum Gasteiger partial charge on any atom is -0.394 e. The topological polar surface area (TPSA) is 63.0 Å². The molecular formula is C12H22N4O. The van der Waals surface area contributed by atoms with E-state index in [4.69, 9.17) is 0 Å². The van der Waals surface area contributed by atoms with Crippen molar-refractivity contribution in [2.75, 3.05) is 6.61 Å². The van der Waals surface area contributed by atoms with Crippen molar-refractivity contribution in [3.8, 4) is 0 Å². The van der Waals surface area contributed by atoms with Crippen LogP contribution < -0.4 is 5.32 Å². The first-order valence-electron chi connectivity index (χ1n) is 6.43. The summed E-state index contributed by atoms with van der Waals surface area (Å²) in [4.78, 5) is 3.91. The van der Waals surface area contributed by atoms with Crippen molar-refractivity contribution in [1.29, 1.82) is 0 Å². The molecule has 0 radical (unpaired) electrons. The summed E-state index contributed by atoms with van der Waals surface area (Å²) in [7, 11) is 0. The first-order chi connectivity index (χ1) is 8.22. The van der Waals surface area contributed by atoms with Gasteiger partial charge in [0.15, 0.2) is 0 Å². The first-order valence-corrected chi connectivity index (χ1v) is 6.43. The minimum atomic E-state index is -0.108. The van der Waals surface area contributed by atoms with Gasteiger partial charge in [0.05, 0.1) is 6.61 Å². The van der Waals surface area contributed by atoms with Crippen molar-refractivity contribution >= 4 is 0 Å². The van der Waals surface area contributed by atoms with Crippen LogP contribution >= 0.6 is 0 Å². The summed E-state index contributed by atoms with van der Waals surface area (Å²) in [5.41, 5.74) is -0.108. The molecule has 1 aromatic heterocycles. The molecule has 1 unspecified atom stereocenters. The van der Waals surface area contributed by atoms with Crippen molar-refractivity contribution in [3.63, 3.8) is 0 Å². The van der Waals surface area contributed by atoms with Gasteiger partial charge in [-0.2, -0.15) is 5.10 Å². The normalized spacial score (nSPS) is 19.2. The van der Waals surface area contributed by atoms with Gasteiger partial charge in [0.25, 0.3) is 0 Å². The van der Waals surface area contributed by atoms with Gasteiger partial charge < -0.3 is 10.4 Å². The lowest BCUT2D eigenvalue weighted by Gasteiger charge is -2.29. The molecule has 2 rings (SSSR count). The van der Waals surface area contributed by atoms with E-state index in [9.17, 15) is 5.11 Å². The van der Waals surface area contributed by atoms with Crippen molar-refractivity contribution < 1.29 is 5.11 Å². The Bertz CT molecular complexity index is 323. The summed E-state index contributed by atoms with van der Waals surface area (Å²) in [6.07, 6.45) is 9.00. The number of rotatable bonds is 8. The Morgan fingerprint density at radius 3 is 2.88 bits per heavy atom. The lowest BCUT2D eigenvalue weighted by Crippen LogP contribution is -2.46. The molecule has 96 valence electrons. The molecule has 2 N–H and O–H groups in total. The van der Waals surface area contributed by atoms with Gasteiger partial charge in [-0.15, -0.1) is 0 Å². The quantitative estimate of drug-likeness (QED) is 0.662. The third-order valence-electron chi connectivity index (χ3n) is 3.31. The molecule has 1 fully saturated rings. The van der Waals surface area contributed by atoms with Gasteiger partial charge in [0.1, 0.15) is 12.7 Å². The van der Waals surface area contributed by atoms with E-state index >= 15 is 0 Å². The Morgan fingerprint density at radius 2 is 2.29 bits per heavy atom. The molecule has 1 aliphatic rings. The molecule has 0 amide bonds. The fraction of sp³-hybridized carbons (Fsp3) is 0.833. The fourth-order valence-corrected chi connectivity index (χ4v) is 2.05. The van der Waals surface area contributed by atoms with Gasteiger partial charge in [-0.1, -0.05) is 0 Å². The Kier molecular flexibility index (Phi) is 4.12. The summed E-state index contributed by atoms with van der Waals surface area (Å²) in [5, 5.41) is 17.1. The van der Waals surface area contributed by atoms with Gasteiger partial charge in [0, 0.05) is 18.1 Å². The number of aryl methyl sites for hydroxylation is 1. The van der Waals surface area contributed by atoms with E-state index in [1.165, 1.54) is 12.8 Å². The van der Waals surface area contributed by atoms with Crippen LogP contribution in [-0.2, 0) is 6.54 Å². The van der Waals surface area contributed by atoms with Gasteiger partial charge in [0.2, 0.25) is 0 Å². The van der Waals surface area contributed by atoms with Crippen LogP contribution in [0, 0.1) is 0 Å². The summed E-state index contributed by atoms with van der Waals surface area (Å²) in [6, 6.07) is 0.641. The predicted octanol–water partition coefficient (Wildman–Crippen LogP) is 0.951. The smallest absolute Gasteiger partial charge is 0.137 e. The average Bonchev–Trinajstić information content (AvgIpc) is 2.97. The van der Waals surface area contributed by atoms with E-state index in [0.717, 1.165) is 25.8 Å². The number of hydrogen-bond acceptors (Lipinski definition) is 4. The Morgan fingerprint density at radius 1 is 1.47 bits per heavy atom. The number of aliphatic hydroxyl groups is 1. The van der Waals surface area contributed by atoms with E-state index in [1.54, 1.807) is 12.7 Å². The molecule has 5 nitrogen and oxygen atoms in total. The monoisotopic (exact) mass is 238 g/mol. The molecule has 0 bridgehead atoms. The highest BCUT2D eigenvalue weighted by Crippen LogP contribution is 2.24. The van der Waals surface area contributed by atoms with Gasteiger partial charge in [-0.3, -0.25) is 4.68 Å². The molecular weight excluding hydrogens is 216 g/mol. The molecule has 0 spiro atoms. The van der Waals surface area contributed by atoms with Gasteiger partial charge in [-0.25, -0.2) is 4.98 Å². The molecule has 0 saturated heterocycles. The van der Waals surface area contributed by atoms with Gasteiger partial charge in [-0.05, 0) is 39.0 Å². The zero-order valence-corrected chi connectivity index (χ0v) is 10.5. The lowest BCUT2D eigenvalue weighted by atomic mass is 9.95. The van der Waals surface area contributed by atoms with Crippen molar-refractivity contribution in [2.45, 2.75) is 57.2 Å². The molecule has 1 saturated carbocycles. The summed E-state index contributed by atoms with van der Waals surface area (Å²) in [5.74, 6) is 0. The molecule has 0 aliphatic heterocycles. The number of aliphatic hydroxyl groups excluding tert-OH is 1. The number of unbranched alkanes of at least 4 members (excludes halogenated alkanes) is 1. The van der Waals surface area contributed by atoms with Gasteiger partial charge >= 0.3 is 0 Å². The fourth-order valence-electron chi connectivity index (χ4n) is 2.05. The maximum atomic E-state index is 9.46. The minimum absolute atomic E-state index is 0.108. The van der Waals surface area contributed by atoms with E-state index < -0.39 is 0 Å². The number of hydrogen-bond donors (Lipinski definition) is 2. The Hall–Kier alpha value is -0.940. The Labute approximate surface area is 102 Å². The highest BCUT2D eigenvalue weighted by molar-refractivity contribution is 4.92. The number of aromatic nitrogens is 3. The lowest BCUT2D eigenvalue weighted by molar-refractivity contribution is 0.160. The van der Waals surface area contributed by atoms with Crippen LogP contribution in [0.3, 0.4) is 0 Å². The molecule has 1 aliphatic carbocycles. The third kappa shape index (κ3) is 4.09.